The number of anilines is 1. The lowest BCUT2D eigenvalue weighted by molar-refractivity contribution is -0.120. The second-order valence-electron chi connectivity index (χ2n) is 6.60. The maximum absolute atomic E-state index is 14.7. The molecular formula is C21H17ClFNO3. The third-order valence-electron chi connectivity index (χ3n) is 4.90. The van der Waals surface area contributed by atoms with Gasteiger partial charge in [0, 0.05) is 27.8 Å². The molecule has 2 aromatic rings. The van der Waals surface area contributed by atoms with Crippen molar-refractivity contribution >= 4 is 29.1 Å². The zero-order valence-electron chi connectivity index (χ0n) is 14.5. The van der Waals surface area contributed by atoms with Crippen molar-refractivity contribution in [1.29, 1.82) is 0 Å². The molecule has 0 radical (unpaired) electrons. The summed E-state index contributed by atoms with van der Waals surface area (Å²) in [7, 11) is 0. The summed E-state index contributed by atoms with van der Waals surface area (Å²) in [4.78, 5) is 26.1. The summed E-state index contributed by atoms with van der Waals surface area (Å²) >= 11 is 6.08. The molecule has 1 aliphatic heterocycles. The Hall–Kier alpha value is -2.66. The average Bonchev–Trinajstić information content (AvgIpc) is 2.93. The van der Waals surface area contributed by atoms with Crippen molar-refractivity contribution in [2.24, 2.45) is 0 Å². The van der Waals surface area contributed by atoms with Gasteiger partial charge in [0.2, 0.25) is 0 Å². The molecular weight excluding hydrogens is 369 g/mol. The lowest BCUT2D eigenvalue weighted by Crippen LogP contribution is -2.32. The van der Waals surface area contributed by atoms with E-state index in [9.17, 15) is 14.0 Å². The first-order valence-corrected chi connectivity index (χ1v) is 9.20. The Morgan fingerprint density at radius 1 is 1.00 bits per heavy atom. The molecule has 0 atom stereocenters. The Bertz CT molecular complexity index is 942. The van der Waals surface area contributed by atoms with E-state index in [4.69, 9.17) is 16.3 Å². The van der Waals surface area contributed by atoms with Crippen LogP contribution in [-0.4, -0.2) is 11.8 Å². The summed E-state index contributed by atoms with van der Waals surface area (Å²) in [5.74, 6) is -1.18. The molecule has 0 saturated carbocycles. The molecule has 4 nitrogen and oxygen atoms in total. The Balaban J connectivity index is 1.53. The van der Waals surface area contributed by atoms with E-state index in [0.29, 0.717) is 34.8 Å². The fraction of sp³-hybridized carbons (Fsp3) is 0.238. The molecule has 0 fully saturated rings. The molecule has 1 heterocycles. The van der Waals surface area contributed by atoms with Crippen LogP contribution in [0.25, 0.3) is 0 Å². The maximum Gasteiger partial charge on any atom is 0.261 e. The van der Waals surface area contributed by atoms with Crippen molar-refractivity contribution in [1.82, 2.24) is 0 Å². The van der Waals surface area contributed by atoms with E-state index in [2.05, 4.69) is 0 Å². The highest BCUT2D eigenvalue weighted by atomic mass is 35.5. The fourth-order valence-corrected chi connectivity index (χ4v) is 3.68. The van der Waals surface area contributed by atoms with Gasteiger partial charge in [-0.15, -0.1) is 0 Å². The summed E-state index contributed by atoms with van der Waals surface area (Å²) in [6.45, 7) is 0.190. The molecule has 4 rings (SSSR count). The van der Waals surface area contributed by atoms with Gasteiger partial charge in [0.05, 0.1) is 5.69 Å². The first kappa shape index (κ1) is 17.7. The molecule has 2 aliphatic rings. The standard InChI is InChI=1S/C21H17ClFNO3/c22-17-8-4-1-5-13(17)12-27-14-9-10-19(18(23)11-14)24-20(25)15-6-2-3-7-16(15)21(24)26/h1,4-5,8-11H,2-3,6-7,12H2. The number of hydrogen-bond donors (Lipinski definition) is 0. The van der Waals surface area contributed by atoms with E-state index in [0.717, 1.165) is 23.3 Å². The van der Waals surface area contributed by atoms with E-state index in [1.54, 1.807) is 12.1 Å². The van der Waals surface area contributed by atoms with Crippen molar-refractivity contribution in [2.75, 3.05) is 4.90 Å². The molecule has 2 amide bonds. The quantitative estimate of drug-likeness (QED) is 0.710. The zero-order valence-corrected chi connectivity index (χ0v) is 15.3. The SMILES string of the molecule is O=C1C2=C(CCCC2)C(=O)N1c1ccc(OCc2ccccc2Cl)cc1F. The van der Waals surface area contributed by atoms with Gasteiger partial charge < -0.3 is 4.74 Å². The average molecular weight is 386 g/mol. The number of benzene rings is 2. The van der Waals surface area contributed by atoms with Gasteiger partial charge in [0.1, 0.15) is 12.4 Å². The molecule has 0 unspecified atom stereocenters. The van der Waals surface area contributed by atoms with Gasteiger partial charge in [0.25, 0.3) is 11.8 Å². The second kappa shape index (κ2) is 7.16. The van der Waals surface area contributed by atoms with Crippen molar-refractivity contribution in [3.8, 4) is 5.75 Å². The third kappa shape index (κ3) is 3.23. The Kier molecular flexibility index (Phi) is 4.70. The van der Waals surface area contributed by atoms with Crippen LogP contribution in [0.2, 0.25) is 5.02 Å². The van der Waals surface area contributed by atoms with Crippen LogP contribution >= 0.6 is 11.6 Å². The first-order valence-electron chi connectivity index (χ1n) is 8.83. The van der Waals surface area contributed by atoms with Gasteiger partial charge in [-0.25, -0.2) is 9.29 Å². The minimum Gasteiger partial charge on any atom is -0.489 e. The number of hydrogen-bond acceptors (Lipinski definition) is 3. The highest BCUT2D eigenvalue weighted by Crippen LogP contribution is 2.37. The monoisotopic (exact) mass is 385 g/mol. The van der Waals surface area contributed by atoms with Crippen LogP contribution in [0.1, 0.15) is 31.2 Å². The second-order valence-corrected chi connectivity index (χ2v) is 7.01. The lowest BCUT2D eigenvalue weighted by atomic mass is 9.93. The van der Waals surface area contributed by atoms with Crippen LogP contribution in [0.5, 0.6) is 5.75 Å². The summed E-state index contributed by atoms with van der Waals surface area (Å²) in [5.41, 5.74) is 1.81. The van der Waals surface area contributed by atoms with Gasteiger partial charge >= 0.3 is 0 Å². The Morgan fingerprint density at radius 3 is 2.30 bits per heavy atom. The van der Waals surface area contributed by atoms with E-state index in [-0.39, 0.29) is 12.3 Å². The third-order valence-corrected chi connectivity index (χ3v) is 5.27. The molecule has 0 spiro atoms. The highest BCUT2D eigenvalue weighted by molar-refractivity contribution is 6.33. The van der Waals surface area contributed by atoms with E-state index >= 15 is 0 Å². The van der Waals surface area contributed by atoms with Crippen molar-refractivity contribution in [3.63, 3.8) is 0 Å². The molecule has 0 bridgehead atoms. The number of amides is 2. The molecule has 6 heteroatoms. The van der Waals surface area contributed by atoms with Crippen molar-refractivity contribution in [3.05, 3.63) is 70.0 Å². The number of rotatable bonds is 4. The minimum atomic E-state index is -0.673. The topological polar surface area (TPSA) is 46.6 Å². The number of imide groups is 1. The number of carbonyl (C=O) groups excluding carboxylic acids is 2. The van der Waals surface area contributed by atoms with Crippen molar-refractivity contribution < 1.29 is 18.7 Å². The summed E-state index contributed by atoms with van der Waals surface area (Å²) in [6.07, 6.45) is 2.92. The minimum absolute atomic E-state index is 0.0375. The van der Waals surface area contributed by atoms with Crippen LogP contribution in [0.3, 0.4) is 0 Å². The van der Waals surface area contributed by atoms with E-state index < -0.39 is 17.6 Å². The Morgan fingerprint density at radius 2 is 1.67 bits per heavy atom. The number of nitrogens with zero attached hydrogens (tertiary/aromatic N) is 1. The van der Waals surface area contributed by atoms with Crippen LogP contribution in [0.4, 0.5) is 10.1 Å². The molecule has 27 heavy (non-hydrogen) atoms. The molecule has 0 saturated heterocycles. The largest absolute Gasteiger partial charge is 0.489 e. The fourth-order valence-electron chi connectivity index (χ4n) is 3.49. The van der Waals surface area contributed by atoms with Crippen LogP contribution < -0.4 is 9.64 Å². The van der Waals surface area contributed by atoms with Crippen LogP contribution in [0.15, 0.2) is 53.6 Å². The molecule has 138 valence electrons. The Labute approximate surface area is 161 Å². The smallest absolute Gasteiger partial charge is 0.261 e. The predicted octanol–water partition coefficient (Wildman–Crippen LogP) is 4.80. The van der Waals surface area contributed by atoms with E-state index in [1.165, 1.54) is 12.1 Å². The molecule has 0 N–H and O–H groups in total. The summed E-state index contributed by atoms with van der Waals surface area (Å²) in [5, 5.41) is 0.569. The van der Waals surface area contributed by atoms with Gasteiger partial charge in [-0.05, 0) is 43.9 Å². The van der Waals surface area contributed by atoms with Gasteiger partial charge in [-0.3, -0.25) is 9.59 Å². The number of halogens is 2. The van der Waals surface area contributed by atoms with E-state index in [1.807, 2.05) is 18.2 Å². The van der Waals surface area contributed by atoms with Gasteiger partial charge in [0.15, 0.2) is 5.82 Å². The molecule has 1 aliphatic carbocycles. The number of carbonyl (C=O) groups is 2. The number of ether oxygens (including phenoxy) is 1. The van der Waals surface area contributed by atoms with Crippen LogP contribution in [-0.2, 0) is 16.2 Å². The lowest BCUT2D eigenvalue weighted by Gasteiger charge is -2.17. The van der Waals surface area contributed by atoms with Crippen molar-refractivity contribution in [2.45, 2.75) is 32.3 Å². The highest BCUT2D eigenvalue weighted by Gasteiger charge is 2.40. The molecule has 2 aromatic carbocycles. The summed E-state index contributed by atoms with van der Waals surface area (Å²) in [6, 6.07) is 11.4. The first-order chi connectivity index (χ1) is 13.1. The zero-order chi connectivity index (χ0) is 19.0. The van der Waals surface area contributed by atoms with Gasteiger partial charge in [-0.2, -0.15) is 0 Å². The molecule has 0 aromatic heterocycles. The maximum atomic E-state index is 14.7. The van der Waals surface area contributed by atoms with Gasteiger partial charge in [-0.1, -0.05) is 29.8 Å². The van der Waals surface area contributed by atoms with Crippen LogP contribution in [0, 0.1) is 5.82 Å². The predicted molar refractivity (Wildman–Crippen MR) is 100 cm³/mol. The normalized spacial score (nSPS) is 16.7. The summed E-state index contributed by atoms with van der Waals surface area (Å²) < 4.78 is 20.3.